The van der Waals surface area contributed by atoms with Gasteiger partial charge in [0.15, 0.2) is 0 Å². The van der Waals surface area contributed by atoms with Crippen molar-refractivity contribution in [2.45, 2.75) is 45.1 Å². The van der Waals surface area contributed by atoms with Gasteiger partial charge in [-0.2, -0.15) is 0 Å². The molecule has 1 heterocycles. The van der Waals surface area contributed by atoms with Crippen molar-refractivity contribution in [3.05, 3.63) is 35.4 Å². The van der Waals surface area contributed by atoms with Gasteiger partial charge < -0.3 is 10.0 Å². The average Bonchev–Trinajstić information content (AvgIpc) is 3.27. The first-order valence-electron chi connectivity index (χ1n) is 8.10. The van der Waals surface area contributed by atoms with E-state index < -0.39 is 0 Å². The molecule has 1 aromatic carbocycles. The highest BCUT2D eigenvalue weighted by Crippen LogP contribution is 2.49. The SMILES string of the molecule is Cc1ccccc1C1CC1C(=O)N1CCCC(C(C)O)C1. The third-order valence-electron chi connectivity index (χ3n) is 5.15. The van der Waals surface area contributed by atoms with Crippen LogP contribution in [-0.2, 0) is 4.79 Å². The molecule has 3 rings (SSSR count). The molecule has 114 valence electrons. The summed E-state index contributed by atoms with van der Waals surface area (Å²) in [6.45, 7) is 5.55. The number of benzene rings is 1. The number of aliphatic hydroxyl groups is 1. The third-order valence-corrected chi connectivity index (χ3v) is 5.15. The lowest BCUT2D eigenvalue weighted by atomic mass is 9.93. The number of carbonyl (C=O) groups is 1. The Morgan fingerprint density at radius 3 is 2.86 bits per heavy atom. The Balaban J connectivity index is 1.64. The summed E-state index contributed by atoms with van der Waals surface area (Å²) in [5.74, 6) is 1.12. The molecule has 4 unspecified atom stereocenters. The molecule has 0 aromatic heterocycles. The number of piperidine rings is 1. The van der Waals surface area contributed by atoms with Gasteiger partial charge in [-0.1, -0.05) is 24.3 Å². The topological polar surface area (TPSA) is 40.5 Å². The maximum absolute atomic E-state index is 12.7. The van der Waals surface area contributed by atoms with E-state index in [-0.39, 0.29) is 17.9 Å². The lowest BCUT2D eigenvalue weighted by molar-refractivity contribution is -0.135. The van der Waals surface area contributed by atoms with E-state index in [0.717, 1.165) is 32.4 Å². The maximum Gasteiger partial charge on any atom is 0.226 e. The van der Waals surface area contributed by atoms with Crippen LogP contribution in [0.15, 0.2) is 24.3 Å². The van der Waals surface area contributed by atoms with Gasteiger partial charge in [-0.15, -0.1) is 0 Å². The van der Waals surface area contributed by atoms with Gasteiger partial charge in [0.1, 0.15) is 0 Å². The van der Waals surface area contributed by atoms with Crippen molar-refractivity contribution in [2.24, 2.45) is 11.8 Å². The summed E-state index contributed by atoms with van der Waals surface area (Å²) >= 11 is 0. The Morgan fingerprint density at radius 2 is 2.14 bits per heavy atom. The molecule has 1 saturated heterocycles. The molecular formula is C18H25NO2. The number of likely N-dealkylation sites (tertiary alicyclic amines) is 1. The Bertz CT molecular complexity index is 526. The predicted molar refractivity (Wildman–Crippen MR) is 83.0 cm³/mol. The predicted octanol–water partition coefficient (Wildman–Crippen LogP) is 2.72. The number of hydrogen-bond acceptors (Lipinski definition) is 2. The minimum atomic E-state index is -0.313. The molecule has 1 N–H and O–H groups in total. The quantitative estimate of drug-likeness (QED) is 0.928. The first-order chi connectivity index (χ1) is 10.1. The summed E-state index contributed by atoms with van der Waals surface area (Å²) in [6, 6.07) is 8.39. The van der Waals surface area contributed by atoms with Crippen LogP contribution in [0.3, 0.4) is 0 Å². The summed E-state index contributed by atoms with van der Waals surface area (Å²) in [6.07, 6.45) is 2.72. The summed E-state index contributed by atoms with van der Waals surface area (Å²) in [7, 11) is 0. The summed E-state index contributed by atoms with van der Waals surface area (Å²) < 4.78 is 0. The molecule has 3 nitrogen and oxygen atoms in total. The van der Waals surface area contributed by atoms with Crippen LogP contribution in [0.5, 0.6) is 0 Å². The van der Waals surface area contributed by atoms with Gasteiger partial charge in [-0.05, 0) is 50.2 Å². The van der Waals surface area contributed by atoms with Gasteiger partial charge in [-0.25, -0.2) is 0 Å². The molecule has 1 amide bonds. The van der Waals surface area contributed by atoms with Crippen molar-refractivity contribution >= 4 is 5.91 Å². The van der Waals surface area contributed by atoms with Crippen molar-refractivity contribution in [1.29, 1.82) is 0 Å². The monoisotopic (exact) mass is 287 g/mol. The van der Waals surface area contributed by atoms with Crippen LogP contribution in [0.2, 0.25) is 0 Å². The van der Waals surface area contributed by atoms with Gasteiger partial charge in [0.05, 0.1) is 6.10 Å². The van der Waals surface area contributed by atoms with E-state index in [0.29, 0.717) is 11.8 Å². The molecule has 2 fully saturated rings. The molecule has 0 spiro atoms. The van der Waals surface area contributed by atoms with E-state index in [1.807, 2.05) is 11.8 Å². The summed E-state index contributed by atoms with van der Waals surface area (Å²) in [5.41, 5.74) is 2.62. The highest BCUT2D eigenvalue weighted by atomic mass is 16.3. The normalized spacial score (nSPS) is 30.0. The molecule has 0 bridgehead atoms. The van der Waals surface area contributed by atoms with Gasteiger partial charge in [0.25, 0.3) is 0 Å². The molecule has 1 saturated carbocycles. The summed E-state index contributed by atoms with van der Waals surface area (Å²) in [5, 5.41) is 9.76. The highest BCUT2D eigenvalue weighted by Gasteiger charge is 2.46. The third kappa shape index (κ3) is 2.98. The Hall–Kier alpha value is -1.35. The minimum Gasteiger partial charge on any atom is -0.393 e. The number of nitrogens with zero attached hydrogens (tertiary/aromatic N) is 1. The van der Waals surface area contributed by atoms with Crippen LogP contribution in [0.4, 0.5) is 0 Å². The highest BCUT2D eigenvalue weighted by molar-refractivity contribution is 5.83. The van der Waals surface area contributed by atoms with E-state index in [1.54, 1.807) is 0 Å². The van der Waals surface area contributed by atoms with E-state index >= 15 is 0 Å². The van der Waals surface area contributed by atoms with E-state index in [2.05, 4.69) is 31.2 Å². The van der Waals surface area contributed by atoms with Crippen molar-refractivity contribution < 1.29 is 9.90 Å². The van der Waals surface area contributed by atoms with Crippen molar-refractivity contribution in [3.8, 4) is 0 Å². The molecule has 0 radical (unpaired) electrons. The number of hydrogen-bond donors (Lipinski definition) is 1. The van der Waals surface area contributed by atoms with Crippen LogP contribution in [0.25, 0.3) is 0 Å². The van der Waals surface area contributed by atoms with Gasteiger partial charge >= 0.3 is 0 Å². The smallest absolute Gasteiger partial charge is 0.226 e. The Labute approximate surface area is 127 Å². The van der Waals surface area contributed by atoms with Crippen molar-refractivity contribution in [1.82, 2.24) is 4.90 Å². The van der Waals surface area contributed by atoms with Crippen LogP contribution in [0, 0.1) is 18.8 Å². The van der Waals surface area contributed by atoms with Crippen molar-refractivity contribution in [2.75, 3.05) is 13.1 Å². The zero-order valence-electron chi connectivity index (χ0n) is 13.0. The molecule has 3 heteroatoms. The molecular weight excluding hydrogens is 262 g/mol. The zero-order valence-corrected chi connectivity index (χ0v) is 13.0. The number of rotatable bonds is 3. The first-order valence-corrected chi connectivity index (χ1v) is 8.10. The van der Waals surface area contributed by atoms with E-state index in [9.17, 15) is 9.90 Å². The van der Waals surface area contributed by atoms with Crippen LogP contribution >= 0.6 is 0 Å². The second-order valence-electron chi connectivity index (χ2n) is 6.73. The second kappa shape index (κ2) is 5.80. The standard InChI is InChI=1S/C18H25NO2/c1-12-6-3-4-8-15(12)16-10-17(16)18(21)19-9-5-7-14(11-19)13(2)20/h3-4,6,8,13-14,16-17,20H,5,7,9-11H2,1-2H3. The number of carbonyl (C=O) groups excluding carboxylic acids is 1. The number of amides is 1. The Morgan fingerprint density at radius 1 is 1.38 bits per heavy atom. The van der Waals surface area contributed by atoms with Crippen LogP contribution < -0.4 is 0 Å². The molecule has 1 aromatic rings. The number of aliphatic hydroxyl groups excluding tert-OH is 1. The second-order valence-corrected chi connectivity index (χ2v) is 6.73. The fourth-order valence-electron chi connectivity index (χ4n) is 3.65. The fraction of sp³-hybridized carbons (Fsp3) is 0.611. The molecule has 4 atom stereocenters. The minimum absolute atomic E-state index is 0.166. The van der Waals surface area contributed by atoms with Gasteiger partial charge in [0, 0.05) is 24.9 Å². The Kier molecular flexibility index (Phi) is 4.03. The van der Waals surface area contributed by atoms with Crippen molar-refractivity contribution in [3.63, 3.8) is 0 Å². The fourth-order valence-corrected chi connectivity index (χ4v) is 3.65. The molecule has 21 heavy (non-hydrogen) atoms. The van der Waals surface area contributed by atoms with E-state index in [4.69, 9.17) is 0 Å². The maximum atomic E-state index is 12.7. The molecule has 1 aliphatic heterocycles. The number of aryl methyl sites for hydroxylation is 1. The van der Waals surface area contributed by atoms with Crippen LogP contribution in [0.1, 0.15) is 43.2 Å². The first kappa shape index (κ1) is 14.6. The average molecular weight is 287 g/mol. The lowest BCUT2D eigenvalue weighted by Crippen LogP contribution is -2.43. The van der Waals surface area contributed by atoms with Gasteiger partial charge in [0.2, 0.25) is 5.91 Å². The molecule has 1 aliphatic carbocycles. The zero-order chi connectivity index (χ0) is 15.0. The summed E-state index contributed by atoms with van der Waals surface area (Å²) in [4.78, 5) is 14.7. The largest absolute Gasteiger partial charge is 0.393 e. The lowest BCUT2D eigenvalue weighted by Gasteiger charge is -2.34. The van der Waals surface area contributed by atoms with E-state index in [1.165, 1.54) is 11.1 Å². The van der Waals surface area contributed by atoms with Gasteiger partial charge in [-0.3, -0.25) is 4.79 Å². The van der Waals surface area contributed by atoms with Crippen LogP contribution in [-0.4, -0.2) is 35.1 Å². The molecule has 2 aliphatic rings.